The maximum atomic E-state index is 11.7. The summed E-state index contributed by atoms with van der Waals surface area (Å²) in [7, 11) is 0. The molecule has 3 nitrogen and oxygen atoms in total. The van der Waals surface area contributed by atoms with Gasteiger partial charge in [-0.25, -0.2) is 0 Å². The molecule has 0 spiro atoms. The summed E-state index contributed by atoms with van der Waals surface area (Å²) in [4.78, 5) is 13.7. The number of carbonyl (C=O) groups is 1. The molecule has 2 N–H and O–H groups in total. The van der Waals surface area contributed by atoms with E-state index in [2.05, 4.69) is 0 Å². The van der Waals surface area contributed by atoms with Gasteiger partial charge in [-0.05, 0) is 32.2 Å². The Bertz CT molecular complexity index is 178. The van der Waals surface area contributed by atoms with E-state index in [1.165, 1.54) is 12.8 Å². The fraction of sp³-hybridized carbons (Fsp3) is 0.900. The molecule has 13 heavy (non-hydrogen) atoms. The van der Waals surface area contributed by atoms with Gasteiger partial charge in [-0.3, -0.25) is 4.79 Å². The van der Waals surface area contributed by atoms with Crippen LogP contribution in [0.15, 0.2) is 0 Å². The van der Waals surface area contributed by atoms with Crippen LogP contribution >= 0.6 is 0 Å². The summed E-state index contributed by atoms with van der Waals surface area (Å²) in [5, 5.41) is 0. The van der Waals surface area contributed by atoms with Crippen LogP contribution in [0.4, 0.5) is 0 Å². The number of amides is 1. The highest BCUT2D eigenvalue weighted by atomic mass is 16.2. The summed E-state index contributed by atoms with van der Waals surface area (Å²) in [6.45, 7) is 5.52. The average molecular weight is 184 g/mol. The zero-order valence-electron chi connectivity index (χ0n) is 8.62. The third kappa shape index (κ3) is 2.99. The van der Waals surface area contributed by atoms with E-state index in [-0.39, 0.29) is 5.91 Å². The van der Waals surface area contributed by atoms with Crippen molar-refractivity contribution in [2.45, 2.75) is 39.2 Å². The topological polar surface area (TPSA) is 46.3 Å². The molecule has 1 aliphatic carbocycles. The fourth-order valence-corrected chi connectivity index (χ4v) is 1.52. The SMILES string of the molecule is CCN(C(=O)CC(C)CN)C1CC1. The van der Waals surface area contributed by atoms with Crippen molar-refractivity contribution in [3.05, 3.63) is 0 Å². The molecule has 0 aromatic heterocycles. The lowest BCUT2D eigenvalue weighted by atomic mass is 10.1. The van der Waals surface area contributed by atoms with E-state index in [4.69, 9.17) is 5.73 Å². The van der Waals surface area contributed by atoms with Crippen molar-refractivity contribution in [1.82, 2.24) is 4.90 Å². The quantitative estimate of drug-likeness (QED) is 0.692. The number of hydrogen-bond acceptors (Lipinski definition) is 2. The summed E-state index contributed by atoms with van der Waals surface area (Å²) < 4.78 is 0. The summed E-state index contributed by atoms with van der Waals surface area (Å²) >= 11 is 0. The van der Waals surface area contributed by atoms with E-state index < -0.39 is 0 Å². The van der Waals surface area contributed by atoms with Crippen molar-refractivity contribution in [2.75, 3.05) is 13.1 Å². The Balaban J connectivity index is 2.35. The highest BCUT2D eigenvalue weighted by molar-refractivity contribution is 5.77. The second-order valence-corrected chi connectivity index (χ2v) is 3.96. The smallest absolute Gasteiger partial charge is 0.223 e. The van der Waals surface area contributed by atoms with Crippen molar-refractivity contribution in [1.29, 1.82) is 0 Å². The zero-order chi connectivity index (χ0) is 9.84. The number of carbonyl (C=O) groups excluding carboxylic acids is 1. The second-order valence-electron chi connectivity index (χ2n) is 3.96. The first-order valence-corrected chi connectivity index (χ1v) is 5.18. The minimum atomic E-state index is 0.281. The van der Waals surface area contributed by atoms with Gasteiger partial charge in [-0.15, -0.1) is 0 Å². The summed E-state index contributed by atoms with van der Waals surface area (Å²) in [5.41, 5.74) is 5.48. The molecule has 3 heteroatoms. The lowest BCUT2D eigenvalue weighted by molar-refractivity contribution is -0.132. The van der Waals surface area contributed by atoms with Gasteiger partial charge < -0.3 is 10.6 Å². The van der Waals surface area contributed by atoms with E-state index >= 15 is 0 Å². The van der Waals surface area contributed by atoms with E-state index in [9.17, 15) is 4.79 Å². The predicted molar refractivity (Wildman–Crippen MR) is 53.2 cm³/mol. The summed E-state index contributed by atoms with van der Waals surface area (Å²) in [6, 6.07) is 0.544. The van der Waals surface area contributed by atoms with Crippen LogP contribution in [-0.4, -0.2) is 29.9 Å². The zero-order valence-corrected chi connectivity index (χ0v) is 8.62. The van der Waals surface area contributed by atoms with E-state index in [0.717, 1.165) is 6.54 Å². The van der Waals surface area contributed by atoms with Crippen LogP contribution < -0.4 is 5.73 Å². The number of hydrogen-bond donors (Lipinski definition) is 1. The van der Waals surface area contributed by atoms with Crippen LogP contribution in [0.3, 0.4) is 0 Å². The molecule has 1 saturated carbocycles. The third-order valence-electron chi connectivity index (χ3n) is 2.57. The van der Waals surface area contributed by atoms with Gasteiger partial charge in [0.1, 0.15) is 0 Å². The summed E-state index contributed by atoms with van der Waals surface area (Å²) in [6.07, 6.45) is 2.99. The second kappa shape index (κ2) is 4.61. The predicted octanol–water partition coefficient (Wildman–Crippen LogP) is 0.982. The normalized spacial score (nSPS) is 18.4. The Labute approximate surface area is 80.3 Å². The number of nitrogens with zero attached hydrogens (tertiary/aromatic N) is 1. The van der Waals surface area contributed by atoms with E-state index in [1.807, 2.05) is 18.7 Å². The van der Waals surface area contributed by atoms with Crippen LogP contribution in [0.5, 0.6) is 0 Å². The van der Waals surface area contributed by atoms with Crippen molar-refractivity contribution in [3.63, 3.8) is 0 Å². The highest BCUT2D eigenvalue weighted by Crippen LogP contribution is 2.27. The first-order valence-electron chi connectivity index (χ1n) is 5.18. The molecule has 0 saturated heterocycles. The van der Waals surface area contributed by atoms with Gasteiger partial charge in [-0.1, -0.05) is 6.92 Å². The Kier molecular flexibility index (Phi) is 3.72. The Hall–Kier alpha value is -0.570. The van der Waals surface area contributed by atoms with Crippen LogP contribution in [0.2, 0.25) is 0 Å². The molecule has 1 amide bonds. The molecule has 76 valence electrons. The lowest BCUT2D eigenvalue weighted by Gasteiger charge is -2.21. The molecule has 1 rings (SSSR count). The van der Waals surface area contributed by atoms with Crippen molar-refractivity contribution in [2.24, 2.45) is 11.7 Å². The monoisotopic (exact) mass is 184 g/mol. The van der Waals surface area contributed by atoms with Gasteiger partial charge in [0.2, 0.25) is 5.91 Å². The number of rotatable bonds is 5. The molecule has 0 heterocycles. The Morgan fingerprint density at radius 1 is 1.62 bits per heavy atom. The van der Waals surface area contributed by atoms with Crippen molar-refractivity contribution in [3.8, 4) is 0 Å². The van der Waals surface area contributed by atoms with Crippen LogP contribution in [0.25, 0.3) is 0 Å². The highest BCUT2D eigenvalue weighted by Gasteiger charge is 2.31. The van der Waals surface area contributed by atoms with Crippen LogP contribution in [0, 0.1) is 5.92 Å². The third-order valence-corrected chi connectivity index (χ3v) is 2.57. The molecule has 1 atom stereocenters. The average Bonchev–Trinajstić information content (AvgIpc) is 2.89. The van der Waals surface area contributed by atoms with Gasteiger partial charge in [0, 0.05) is 19.0 Å². The van der Waals surface area contributed by atoms with Gasteiger partial charge in [0.15, 0.2) is 0 Å². The molecular weight excluding hydrogens is 164 g/mol. The molecule has 0 aliphatic heterocycles. The van der Waals surface area contributed by atoms with Crippen LogP contribution in [-0.2, 0) is 4.79 Å². The molecular formula is C10H20N2O. The molecule has 0 aromatic carbocycles. The van der Waals surface area contributed by atoms with Gasteiger partial charge >= 0.3 is 0 Å². The standard InChI is InChI=1S/C10H20N2O/c1-3-12(9-4-5-9)10(13)6-8(2)7-11/h8-9H,3-7,11H2,1-2H3. The Morgan fingerprint density at radius 2 is 2.23 bits per heavy atom. The molecule has 1 fully saturated rings. The van der Waals surface area contributed by atoms with Gasteiger partial charge in [-0.2, -0.15) is 0 Å². The van der Waals surface area contributed by atoms with Crippen LogP contribution in [0.1, 0.15) is 33.1 Å². The minimum Gasteiger partial charge on any atom is -0.340 e. The summed E-state index contributed by atoms with van der Waals surface area (Å²) in [5.74, 6) is 0.600. The Morgan fingerprint density at radius 3 is 2.62 bits per heavy atom. The van der Waals surface area contributed by atoms with Crippen molar-refractivity contribution >= 4 is 5.91 Å². The molecule has 0 radical (unpaired) electrons. The first-order chi connectivity index (χ1) is 6.19. The van der Waals surface area contributed by atoms with E-state index in [1.54, 1.807) is 0 Å². The van der Waals surface area contributed by atoms with E-state index in [0.29, 0.717) is 24.9 Å². The molecule has 0 aromatic rings. The molecule has 0 bridgehead atoms. The first kappa shape index (κ1) is 10.5. The molecule has 1 unspecified atom stereocenters. The maximum absolute atomic E-state index is 11.7. The fourth-order valence-electron chi connectivity index (χ4n) is 1.52. The molecule has 1 aliphatic rings. The maximum Gasteiger partial charge on any atom is 0.223 e. The van der Waals surface area contributed by atoms with Crippen molar-refractivity contribution < 1.29 is 4.79 Å². The minimum absolute atomic E-state index is 0.281. The largest absolute Gasteiger partial charge is 0.340 e. The van der Waals surface area contributed by atoms with Gasteiger partial charge in [0.05, 0.1) is 0 Å². The van der Waals surface area contributed by atoms with Gasteiger partial charge in [0.25, 0.3) is 0 Å². The number of nitrogens with two attached hydrogens (primary N) is 1. The lowest BCUT2D eigenvalue weighted by Crippen LogP contribution is -2.34.